The minimum Gasteiger partial charge on any atom is -0.376 e. The molecule has 1 heterocycles. The standard InChI is InChI=1S/C10H18N2OS/c14-10(12-8-4-5-8)11-7-9-3-1-2-6-13-9/h8-9H,1-7H2,(H2,11,12,14). The summed E-state index contributed by atoms with van der Waals surface area (Å²) in [5.41, 5.74) is 0. The lowest BCUT2D eigenvalue weighted by Crippen LogP contribution is -2.41. The summed E-state index contributed by atoms with van der Waals surface area (Å²) in [7, 11) is 0. The molecule has 1 saturated carbocycles. The second-order valence-corrected chi connectivity index (χ2v) is 4.53. The molecule has 2 N–H and O–H groups in total. The Morgan fingerprint density at radius 3 is 2.79 bits per heavy atom. The van der Waals surface area contributed by atoms with Gasteiger partial charge in [-0.3, -0.25) is 0 Å². The number of thiocarbonyl (C=S) groups is 1. The molecule has 1 aliphatic heterocycles. The van der Waals surface area contributed by atoms with Crippen molar-refractivity contribution in [3.63, 3.8) is 0 Å². The fourth-order valence-corrected chi connectivity index (χ4v) is 1.89. The molecule has 4 heteroatoms. The summed E-state index contributed by atoms with van der Waals surface area (Å²) in [4.78, 5) is 0. The van der Waals surface area contributed by atoms with E-state index in [-0.39, 0.29) is 0 Å². The molecular formula is C10H18N2OS. The van der Waals surface area contributed by atoms with Gasteiger partial charge in [-0.25, -0.2) is 0 Å². The molecule has 0 spiro atoms. The molecule has 1 atom stereocenters. The molecule has 0 amide bonds. The summed E-state index contributed by atoms with van der Waals surface area (Å²) in [5, 5.41) is 7.27. The van der Waals surface area contributed by atoms with Crippen LogP contribution in [0.15, 0.2) is 0 Å². The lowest BCUT2D eigenvalue weighted by atomic mass is 10.1. The Morgan fingerprint density at radius 1 is 1.29 bits per heavy atom. The highest BCUT2D eigenvalue weighted by molar-refractivity contribution is 7.80. The number of hydrogen-bond acceptors (Lipinski definition) is 2. The van der Waals surface area contributed by atoms with Gasteiger partial charge in [0.15, 0.2) is 5.11 Å². The van der Waals surface area contributed by atoms with Crippen LogP contribution in [0.4, 0.5) is 0 Å². The second kappa shape index (κ2) is 4.94. The molecule has 0 aromatic rings. The first-order chi connectivity index (χ1) is 6.84. The molecule has 1 aliphatic carbocycles. The maximum Gasteiger partial charge on any atom is 0.166 e. The summed E-state index contributed by atoms with van der Waals surface area (Å²) in [5.74, 6) is 0. The Bertz CT molecular complexity index is 200. The van der Waals surface area contributed by atoms with E-state index in [9.17, 15) is 0 Å². The van der Waals surface area contributed by atoms with E-state index in [2.05, 4.69) is 10.6 Å². The molecular weight excluding hydrogens is 196 g/mol. The largest absolute Gasteiger partial charge is 0.376 e. The zero-order chi connectivity index (χ0) is 9.80. The van der Waals surface area contributed by atoms with Gasteiger partial charge in [0, 0.05) is 19.2 Å². The van der Waals surface area contributed by atoms with Crippen LogP contribution in [0.1, 0.15) is 32.1 Å². The van der Waals surface area contributed by atoms with Gasteiger partial charge in [-0.15, -0.1) is 0 Å². The zero-order valence-corrected chi connectivity index (χ0v) is 9.24. The van der Waals surface area contributed by atoms with E-state index in [1.165, 1.54) is 32.1 Å². The fourth-order valence-electron chi connectivity index (χ4n) is 1.64. The minimum atomic E-state index is 0.364. The maximum absolute atomic E-state index is 5.60. The second-order valence-electron chi connectivity index (χ2n) is 4.12. The molecule has 0 bridgehead atoms. The monoisotopic (exact) mass is 214 g/mol. The van der Waals surface area contributed by atoms with Crippen LogP contribution in [-0.4, -0.2) is 30.4 Å². The van der Waals surface area contributed by atoms with E-state index < -0.39 is 0 Å². The molecule has 0 aromatic carbocycles. The van der Waals surface area contributed by atoms with Gasteiger partial charge in [0.25, 0.3) is 0 Å². The Balaban J connectivity index is 1.57. The maximum atomic E-state index is 5.60. The summed E-state index contributed by atoms with van der Waals surface area (Å²) >= 11 is 5.16. The first-order valence-electron chi connectivity index (χ1n) is 5.50. The SMILES string of the molecule is S=C(NCC1CCCCO1)NC1CC1. The molecule has 2 aliphatic rings. The summed E-state index contributed by atoms with van der Waals surface area (Å²) in [6, 6.07) is 0.641. The van der Waals surface area contributed by atoms with Gasteiger partial charge in [-0.05, 0) is 44.3 Å². The Kier molecular flexibility index (Phi) is 3.59. The van der Waals surface area contributed by atoms with Crippen LogP contribution in [0.25, 0.3) is 0 Å². The molecule has 14 heavy (non-hydrogen) atoms. The van der Waals surface area contributed by atoms with E-state index >= 15 is 0 Å². The van der Waals surface area contributed by atoms with Crippen LogP contribution in [0.5, 0.6) is 0 Å². The van der Waals surface area contributed by atoms with E-state index in [1.807, 2.05) is 0 Å². The smallest absolute Gasteiger partial charge is 0.166 e. The molecule has 80 valence electrons. The third-order valence-electron chi connectivity index (χ3n) is 2.68. The van der Waals surface area contributed by atoms with E-state index in [4.69, 9.17) is 17.0 Å². The molecule has 1 unspecified atom stereocenters. The third-order valence-corrected chi connectivity index (χ3v) is 2.94. The summed E-state index contributed by atoms with van der Waals surface area (Å²) in [6.45, 7) is 1.77. The lowest BCUT2D eigenvalue weighted by molar-refractivity contribution is 0.0195. The first kappa shape index (κ1) is 10.2. The van der Waals surface area contributed by atoms with Crippen LogP contribution in [0.2, 0.25) is 0 Å². The van der Waals surface area contributed by atoms with Crippen molar-refractivity contribution in [3.05, 3.63) is 0 Å². The average Bonchev–Trinajstić information content (AvgIpc) is 3.00. The van der Waals surface area contributed by atoms with Crippen molar-refractivity contribution in [3.8, 4) is 0 Å². The van der Waals surface area contributed by atoms with Crippen LogP contribution in [-0.2, 0) is 4.74 Å². The topological polar surface area (TPSA) is 33.3 Å². The van der Waals surface area contributed by atoms with Crippen LogP contribution >= 0.6 is 12.2 Å². The quantitative estimate of drug-likeness (QED) is 0.691. The van der Waals surface area contributed by atoms with Crippen molar-refractivity contribution in [1.29, 1.82) is 0 Å². The van der Waals surface area contributed by atoms with Gasteiger partial charge in [0.2, 0.25) is 0 Å². The zero-order valence-electron chi connectivity index (χ0n) is 8.42. The van der Waals surface area contributed by atoms with Crippen molar-refractivity contribution in [2.24, 2.45) is 0 Å². The highest BCUT2D eigenvalue weighted by Crippen LogP contribution is 2.18. The van der Waals surface area contributed by atoms with Gasteiger partial charge in [0.1, 0.15) is 0 Å². The molecule has 0 radical (unpaired) electrons. The minimum absolute atomic E-state index is 0.364. The molecule has 2 fully saturated rings. The van der Waals surface area contributed by atoms with E-state index in [0.717, 1.165) is 18.3 Å². The predicted molar refractivity (Wildman–Crippen MR) is 60.3 cm³/mol. The highest BCUT2D eigenvalue weighted by atomic mass is 32.1. The molecule has 3 nitrogen and oxygen atoms in total. The van der Waals surface area contributed by atoms with Crippen LogP contribution in [0, 0.1) is 0 Å². The summed E-state index contributed by atoms with van der Waals surface area (Å²) < 4.78 is 5.60. The van der Waals surface area contributed by atoms with E-state index in [0.29, 0.717) is 12.1 Å². The van der Waals surface area contributed by atoms with Gasteiger partial charge in [-0.1, -0.05) is 0 Å². The molecule has 2 rings (SSSR count). The number of nitrogens with one attached hydrogen (secondary N) is 2. The average molecular weight is 214 g/mol. The van der Waals surface area contributed by atoms with Crippen molar-refractivity contribution < 1.29 is 4.74 Å². The fraction of sp³-hybridized carbons (Fsp3) is 0.900. The summed E-state index contributed by atoms with van der Waals surface area (Å²) in [6.07, 6.45) is 6.56. The Labute approximate surface area is 90.6 Å². The normalized spacial score (nSPS) is 27.0. The number of ether oxygens (including phenoxy) is 1. The van der Waals surface area contributed by atoms with Gasteiger partial charge < -0.3 is 15.4 Å². The Hall–Kier alpha value is -0.350. The third kappa shape index (κ3) is 3.42. The van der Waals surface area contributed by atoms with Crippen LogP contribution < -0.4 is 10.6 Å². The van der Waals surface area contributed by atoms with Gasteiger partial charge in [0.05, 0.1) is 6.10 Å². The molecule has 0 aromatic heterocycles. The number of hydrogen-bond donors (Lipinski definition) is 2. The highest BCUT2D eigenvalue weighted by Gasteiger charge is 2.22. The van der Waals surface area contributed by atoms with Crippen molar-refractivity contribution >= 4 is 17.3 Å². The van der Waals surface area contributed by atoms with Crippen molar-refractivity contribution in [1.82, 2.24) is 10.6 Å². The lowest BCUT2D eigenvalue weighted by Gasteiger charge is -2.23. The van der Waals surface area contributed by atoms with E-state index in [1.54, 1.807) is 0 Å². The molecule has 1 saturated heterocycles. The van der Waals surface area contributed by atoms with Gasteiger partial charge >= 0.3 is 0 Å². The Morgan fingerprint density at radius 2 is 2.14 bits per heavy atom. The van der Waals surface area contributed by atoms with Crippen molar-refractivity contribution in [2.75, 3.05) is 13.2 Å². The first-order valence-corrected chi connectivity index (χ1v) is 5.91. The number of rotatable bonds is 3. The van der Waals surface area contributed by atoms with Gasteiger partial charge in [-0.2, -0.15) is 0 Å². The van der Waals surface area contributed by atoms with Crippen LogP contribution in [0.3, 0.4) is 0 Å². The predicted octanol–water partition coefficient (Wildman–Crippen LogP) is 1.18. The van der Waals surface area contributed by atoms with Crippen molar-refractivity contribution in [2.45, 2.75) is 44.2 Å².